The molecule has 0 spiro atoms. The highest BCUT2D eigenvalue weighted by atomic mass is 16.3. The van der Waals surface area contributed by atoms with Gasteiger partial charge in [0.2, 0.25) is 0 Å². The minimum absolute atomic E-state index is 0.109. The zero-order chi connectivity index (χ0) is 11.3. The molecule has 1 fully saturated rings. The van der Waals surface area contributed by atoms with Crippen molar-refractivity contribution in [3.8, 4) is 0 Å². The molecule has 1 aliphatic rings. The van der Waals surface area contributed by atoms with Gasteiger partial charge < -0.3 is 15.7 Å². The van der Waals surface area contributed by atoms with E-state index in [0.29, 0.717) is 6.04 Å². The number of aliphatic hydroxyl groups excluding tert-OH is 1. The molecule has 0 heterocycles. The number of rotatable bonds is 3. The van der Waals surface area contributed by atoms with Crippen molar-refractivity contribution in [2.75, 3.05) is 7.05 Å². The average molecular weight is 215 g/mol. The lowest BCUT2D eigenvalue weighted by molar-refractivity contribution is 0.127. The molecular formula is C10H21N3O2. The molecule has 1 saturated carbocycles. The molecule has 4 N–H and O–H groups in total. The summed E-state index contributed by atoms with van der Waals surface area (Å²) in [5.74, 6) is 0. The van der Waals surface area contributed by atoms with Crippen LogP contribution in [-0.4, -0.2) is 36.5 Å². The molecule has 2 amide bonds. The molecule has 0 saturated heterocycles. The summed E-state index contributed by atoms with van der Waals surface area (Å²) in [5, 5.41) is 17.7. The lowest BCUT2D eigenvalue weighted by Crippen LogP contribution is -2.46. The normalized spacial score (nSPS) is 28.2. The Morgan fingerprint density at radius 2 is 1.80 bits per heavy atom. The summed E-state index contributed by atoms with van der Waals surface area (Å²) < 4.78 is 0. The Morgan fingerprint density at radius 1 is 1.27 bits per heavy atom. The Bertz CT molecular complexity index is 201. The first-order chi connectivity index (χ1) is 7.11. The lowest BCUT2D eigenvalue weighted by atomic mass is 9.91. The van der Waals surface area contributed by atoms with E-state index in [1.54, 1.807) is 14.0 Å². The van der Waals surface area contributed by atoms with Crippen LogP contribution in [0.4, 0.5) is 4.79 Å². The first-order valence-electron chi connectivity index (χ1n) is 5.54. The van der Waals surface area contributed by atoms with Crippen LogP contribution in [0.1, 0.15) is 32.6 Å². The van der Waals surface area contributed by atoms with Crippen LogP contribution in [0.3, 0.4) is 0 Å². The minimum Gasteiger partial charge on any atom is -0.379 e. The molecule has 0 aliphatic heterocycles. The van der Waals surface area contributed by atoms with Crippen LogP contribution in [-0.2, 0) is 0 Å². The number of carbonyl (C=O) groups is 1. The summed E-state index contributed by atoms with van der Waals surface area (Å²) in [6.07, 6.45) is 3.49. The summed E-state index contributed by atoms with van der Waals surface area (Å²) in [6, 6.07) is 0.548. The van der Waals surface area contributed by atoms with Crippen molar-refractivity contribution >= 4 is 6.03 Å². The van der Waals surface area contributed by atoms with Crippen molar-refractivity contribution in [1.82, 2.24) is 16.0 Å². The number of hydrogen-bond acceptors (Lipinski definition) is 3. The molecule has 0 bridgehead atoms. The standard InChI is InChI=1S/C10H21N3O2/c1-7(14)12-8-3-5-9(6-4-8)13-10(15)11-2/h7-9,12,14H,3-6H2,1-2H3,(H2,11,13,15)/t7?,8-,9+. The second-order valence-electron chi connectivity index (χ2n) is 4.11. The van der Waals surface area contributed by atoms with Crippen molar-refractivity contribution < 1.29 is 9.90 Å². The van der Waals surface area contributed by atoms with Gasteiger partial charge in [-0.3, -0.25) is 5.32 Å². The summed E-state index contributed by atoms with van der Waals surface area (Å²) in [4.78, 5) is 11.1. The highest BCUT2D eigenvalue weighted by Crippen LogP contribution is 2.18. The molecule has 1 atom stereocenters. The SMILES string of the molecule is CNC(=O)N[C@H]1CC[C@@H](NC(C)O)CC1. The van der Waals surface area contributed by atoms with E-state index in [9.17, 15) is 4.79 Å². The van der Waals surface area contributed by atoms with E-state index in [0.717, 1.165) is 25.7 Å². The van der Waals surface area contributed by atoms with Crippen LogP contribution >= 0.6 is 0 Å². The van der Waals surface area contributed by atoms with E-state index in [2.05, 4.69) is 16.0 Å². The van der Waals surface area contributed by atoms with E-state index in [1.165, 1.54) is 0 Å². The molecule has 1 rings (SSSR count). The number of aliphatic hydroxyl groups is 1. The van der Waals surface area contributed by atoms with E-state index in [1.807, 2.05) is 0 Å². The fourth-order valence-corrected chi connectivity index (χ4v) is 2.00. The maximum absolute atomic E-state index is 11.1. The van der Waals surface area contributed by atoms with Gasteiger partial charge in [-0.25, -0.2) is 4.79 Å². The summed E-state index contributed by atoms with van der Waals surface area (Å²) in [7, 11) is 1.62. The Morgan fingerprint density at radius 3 is 2.27 bits per heavy atom. The number of hydrogen-bond donors (Lipinski definition) is 4. The summed E-state index contributed by atoms with van der Waals surface area (Å²) in [6.45, 7) is 1.73. The van der Waals surface area contributed by atoms with Crippen LogP contribution in [0.2, 0.25) is 0 Å². The molecule has 5 heteroatoms. The largest absolute Gasteiger partial charge is 0.379 e. The quantitative estimate of drug-likeness (QED) is 0.507. The topological polar surface area (TPSA) is 73.4 Å². The molecule has 0 aromatic heterocycles. The van der Waals surface area contributed by atoms with E-state index >= 15 is 0 Å². The summed E-state index contributed by atoms with van der Waals surface area (Å²) >= 11 is 0. The Kier molecular flexibility index (Phi) is 4.84. The highest BCUT2D eigenvalue weighted by Gasteiger charge is 2.22. The van der Waals surface area contributed by atoms with E-state index in [-0.39, 0.29) is 12.1 Å². The smallest absolute Gasteiger partial charge is 0.314 e. The molecule has 0 aromatic rings. The lowest BCUT2D eigenvalue weighted by Gasteiger charge is -2.30. The second-order valence-corrected chi connectivity index (χ2v) is 4.11. The van der Waals surface area contributed by atoms with Crippen LogP contribution in [0.5, 0.6) is 0 Å². The van der Waals surface area contributed by atoms with Gasteiger partial charge in [0.05, 0.1) is 0 Å². The van der Waals surface area contributed by atoms with Crippen LogP contribution in [0, 0.1) is 0 Å². The number of carbonyl (C=O) groups excluding carboxylic acids is 1. The molecule has 1 aliphatic carbocycles. The average Bonchev–Trinajstić information content (AvgIpc) is 2.20. The van der Waals surface area contributed by atoms with Gasteiger partial charge in [-0.2, -0.15) is 0 Å². The van der Waals surface area contributed by atoms with Crippen molar-refractivity contribution in [3.63, 3.8) is 0 Å². The minimum atomic E-state index is -0.446. The van der Waals surface area contributed by atoms with E-state index in [4.69, 9.17) is 5.11 Å². The number of nitrogens with one attached hydrogen (secondary N) is 3. The third-order valence-corrected chi connectivity index (χ3v) is 2.77. The molecule has 15 heavy (non-hydrogen) atoms. The van der Waals surface area contributed by atoms with Crippen LogP contribution < -0.4 is 16.0 Å². The molecule has 0 radical (unpaired) electrons. The molecule has 1 unspecified atom stereocenters. The van der Waals surface area contributed by atoms with Gasteiger partial charge in [0.1, 0.15) is 6.23 Å². The first kappa shape index (κ1) is 12.3. The first-order valence-corrected chi connectivity index (χ1v) is 5.54. The van der Waals surface area contributed by atoms with Crippen molar-refractivity contribution in [1.29, 1.82) is 0 Å². The second kappa shape index (κ2) is 5.92. The van der Waals surface area contributed by atoms with Crippen LogP contribution in [0.15, 0.2) is 0 Å². The van der Waals surface area contributed by atoms with Gasteiger partial charge in [0.15, 0.2) is 0 Å². The third kappa shape index (κ3) is 4.48. The molecular weight excluding hydrogens is 194 g/mol. The number of urea groups is 1. The van der Waals surface area contributed by atoms with Gasteiger partial charge in [-0.15, -0.1) is 0 Å². The maximum Gasteiger partial charge on any atom is 0.314 e. The fourth-order valence-electron chi connectivity index (χ4n) is 2.00. The number of amides is 2. The maximum atomic E-state index is 11.1. The van der Waals surface area contributed by atoms with Crippen molar-refractivity contribution in [3.05, 3.63) is 0 Å². The van der Waals surface area contributed by atoms with Crippen molar-refractivity contribution in [2.24, 2.45) is 0 Å². The zero-order valence-electron chi connectivity index (χ0n) is 9.42. The zero-order valence-corrected chi connectivity index (χ0v) is 9.42. The van der Waals surface area contributed by atoms with Crippen LogP contribution in [0.25, 0.3) is 0 Å². The third-order valence-electron chi connectivity index (χ3n) is 2.77. The fraction of sp³-hybridized carbons (Fsp3) is 0.900. The Balaban J connectivity index is 2.20. The van der Waals surface area contributed by atoms with Gasteiger partial charge in [0.25, 0.3) is 0 Å². The predicted molar refractivity (Wildman–Crippen MR) is 58.5 cm³/mol. The molecule has 0 aromatic carbocycles. The highest BCUT2D eigenvalue weighted by molar-refractivity contribution is 5.73. The van der Waals surface area contributed by atoms with Gasteiger partial charge in [-0.05, 0) is 32.6 Å². The Hall–Kier alpha value is -0.810. The molecule has 5 nitrogen and oxygen atoms in total. The summed E-state index contributed by atoms with van der Waals surface area (Å²) in [5.41, 5.74) is 0. The van der Waals surface area contributed by atoms with E-state index < -0.39 is 6.23 Å². The predicted octanol–water partition coefficient (Wildman–Crippen LogP) is 0.155. The monoisotopic (exact) mass is 215 g/mol. The van der Waals surface area contributed by atoms with Gasteiger partial charge >= 0.3 is 6.03 Å². The Labute approximate surface area is 90.6 Å². The molecule has 88 valence electrons. The van der Waals surface area contributed by atoms with Crippen molar-refractivity contribution in [2.45, 2.75) is 50.9 Å². The van der Waals surface area contributed by atoms with Gasteiger partial charge in [-0.1, -0.05) is 0 Å². The van der Waals surface area contributed by atoms with Gasteiger partial charge in [0, 0.05) is 19.1 Å².